The second-order valence-electron chi connectivity index (χ2n) is 6.50. The van der Waals surface area contributed by atoms with Crippen LogP contribution in [0.15, 0.2) is 18.5 Å². The average molecular weight is 303 g/mol. The topological polar surface area (TPSA) is 85.8 Å². The van der Waals surface area contributed by atoms with Crippen LogP contribution in [0.1, 0.15) is 31.3 Å². The molecule has 2 aromatic heterocycles. The van der Waals surface area contributed by atoms with Gasteiger partial charge in [-0.3, -0.25) is 9.69 Å². The summed E-state index contributed by atoms with van der Waals surface area (Å²) >= 11 is 0. The van der Waals surface area contributed by atoms with Crippen molar-refractivity contribution in [2.75, 3.05) is 25.4 Å². The second-order valence-corrected chi connectivity index (χ2v) is 6.50. The Hall–Kier alpha value is -1.99. The Kier molecular flexibility index (Phi) is 3.62. The molecule has 2 aromatic rings. The molecule has 0 amide bonds. The Morgan fingerprint density at radius 2 is 2.18 bits per heavy atom. The average Bonchev–Trinajstić information content (AvgIpc) is 2.91. The summed E-state index contributed by atoms with van der Waals surface area (Å²) < 4.78 is 7.22. The van der Waals surface area contributed by atoms with Crippen molar-refractivity contribution in [2.24, 2.45) is 0 Å². The minimum atomic E-state index is -0.484. The molecule has 118 valence electrons. The van der Waals surface area contributed by atoms with Gasteiger partial charge in [-0.1, -0.05) is 0 Å². The van der Waals surface area contributed by atoms with Gasteiger partial charge in [-0.05, 0) is 32.9 Å². The predicted molar refractivity (Wildman–Crippen MR) is 82.8 cm³/mol. The summed E-state index contributed by atoms with van der Waals surface area (Å²) in [6.07, 6.45) is 0.865. The lowest BCUT2D eigenvalue weighted by molar-refractivity contribution is -0.0444. The summed E-state index contributed by atoms with van der Waals surface area (Å²) in [5, 5.41) is 4.12. The Morgan fingerprint density at radius 3 is 2.91 bits per heavy atom. The van der Waals surface area contributed by atoms with E-state index in [2.05, 4.69) is 35.8 Å². The molecule has 0 radical (unpaired) electrons. The standard InChI is InChI=1S/C15H21N5O2/c1-15(2,3)19-6-7-22-12(8-19)13(21)10-4-5-11-14(16)17-9-18-20(10)11/h4-5,9,12H,6-8H2,1-3H3,(H2,16,17,18). The molecule has 7 nitrogen and oxygen atoms in total. The van der Waals surface area contributed by atoms with Crippen LogP contribution in [0.5, 0.6) is 0 Å². The van der Waals surface area contributed by atoms with E-state index in [1.807, 2.05) is 0 Å². The number of nitrogens with two attached hydrogens (primary N) is 1. The zero-order chi connectivity index (χ0) is 15.9. The van der Waals surface area contributed by atoms with Gasteiger partial charge in [0.25, 0.3) is 0 Å². The minimum absolute atomic E-state index is 0.0101. The number of aromatic nitrogens is 3. The number of ether oxygens (including phenoxy) is 1. The fraction of sp³-hybridized carbons (Fsp3) is 0.533. The first-order valence-electron chi connectivity index (χ1n) is 7.37. The molecular weight excluding hydrogens is 282 g/mol. The summed E-state index contributed by atoms with van der Waals surface area (Å²) in [5.74, 6) is 0.280. The predicted octanol–water partition coefficient (Wildman–Crippen LogP) is 0.993. The third-order valence-corrected chi connectivity index (χ3v) is 4.04. The van der Waals surface area contributed by atoms with Gasteiger partial charge in [-0.2, -0.15) is 5.10 Å². The molecule has 1 fully saturated rings. The summed E-state index contributed by atoms with van der Waals surface area (Å²) in [7, 11) is 0. The van der Waals surface area contributed by atoms with Crippen LogP contribution in [-0.2, 0) is 4.74 Å². The van der Waals surface area contributed by atoms with Crippen LogP contribution in [0.4, 0.5) is 5.82 Å². The fourth-order valence-electron chi connectivity index (χ4n) is 2.72. The van der Waals surface area contributed by atoms with Crippen molar-refractivity contribution in [3.05, 3.63) is 24.2 Å². The molecule has 0 bridgehead atoms. The maximum Gasteiger partial charge on any atom is 0.211 e. The largest absolute Gasteiger partial charge is 0.382 e. The number of nitrogen functional groups attached to an aromatic ring is 1. The fourth-order valence-corrected chi connectivity index (χ4v) is 2.72. The van der Waals surface area contributed by atoms with Crippen LogP contribution >= 0.6 is 0 Å². The summed E-state index contributed by atoms with van der Waals surface area (Å²) in [5.41, 5.74) is 6.92. The minimum Gasteiger partial charge on any atom is -0.382 e. The lowest BCUT2D eigenvalue weighted by Crippen LogP contribution is -2.53. The molecule has 1 unspecified atom stereocenters. The number of carbonyl (C=O) groups is 1. The van der Waals surface area contributed by atoms with E-state index in [4.69, 9.17) is 10.5 Å². The number of Topliss-reactive ketones (excluding diaryl/α,β-unsaturated/α-hetero) is 1. The highest BCUT2D eigenvalue weighted by molar-refractivity contribution is 5.99. The van der Waals surface area contributed by atoms with E-state index in [0.717, 1.165) is 6.54 Å². The number of hydrogen-bond acceptors (Lipinski definition) is 6. The Bertz CT molecular complexity index is 704. The van der Waals surface area contributed by atoms with Crippen molar-refractivity contribution in [3.63, 3.8) is 0 Å². The molecule has 1 saturated heterocycles. The quantitative estimate of drug-likeness (QED) is 0.833. The second kappa shape index (κ2) is 5.33. The van der Waals surface area contributed by atoms with Gasteiger partial charge in [0, 0.05) is 18.6 Å². The molecule has 1 aliphatic heterocycles. The molecule has 1 aliphatic rings. The number of hydrogen-bond donors (Lipinski definition) is 1. The third kappa shape index (κ3) is 2.57. The molecule has 3 heterocycles. The number of carbonyl (C=O) groups excluding carboxylic acids is 1. The Labute approximate surface area is 129 Å². The van der Waals surface area contributed by atoms with E-state index in [1.54, 1.807) is 12.1 Å². The SMILES string of the molecule is CC(C)(C)N1CCOC(C(=O)c2ccc3c(N)ncnn23)C1. The van der Waals surface area contributed by atoms with Crippen LogP contribution in [-0.4, -0.2) is 56.6 Å². The van der Waals surface area contributed by atoms with Gasteiger partial charge >= 0.3 is 0 Å². The van der Waals surface area contributed by atoms with Gasteiger partial charge in [0.05, 0.1) is 6.61 Å². The Morgan fingerprint density at radius 1 is 1.41 bits per heavy atom. The van der Waals surface area contributed by atoms with Gasteiger partial charge in [0.1, 0.15) is 23.6 Å². The van der Waals surface area contributed by atoms with Gasteiger partial charge in [0.2, 0.25) is 5.78 Å². The van der Waals surface area contributed by atoms with Crippen molar-refractivity contribution in [3.8, 4) is 0 Å². The van der Waals surface area contributed by atoms with Gasteiger partial charge in [-0.25, -0.2) is 9.50 Å². The maximum absolute atomic E-state index is 12.8. The van der Waals surface area contributed by atoms with E-state index in [0.29, 0.717) is 30.2 Å². The third-order valence-electron chi connectivity index (χ3n) is 4.04. The molecule has 3 rings (SSSR count). The van der Waals surface area contributed by atoms with Crippen LogP contribution in [0, 0.1) is 0 Å². The number of ketones is 1. The summed E-state index contributed by atoms with van der Waals surface area (Å²) in [6, 6.07) is 3.48. The van der Waals surface area contributed by atoms with Crippen molar-refractivity contribution in [2.45, 2.75) is 32.4 Å². The highest BCUT2D eigenvalue weighted by Gasteiger charge is 2.33. The highest BCUT2D eigenvalue weighted by atomic mass is 16.5. The number of fused-ring (bicyclic) bond motifs is 1. The van der Waals surface area contributed by atoms with Crippen molar-refractivity contribution < 1.29 is 9.53 Å². The van der Waals surface area contributed by atoms with Crippen molar-refractivity contribution >= 4 is 17.1 Å². The molecule has 0 saturated carbocycles. The van der Waals surface area contributed by atoms with E-state index in [9.17, 15) is 4.79 Å². The van der Waals surface area contributed by atoms with Crippen LogP contribution in [0.25, 0.3) is 5.52 Å². The molecule has 0 aliphatic carbocycles. The first-order valence-corrected chi connectivity index (χ1v) is 7.37. The normalized spacial score (nSPS) is 20.4. The van der Waals surface area contributed by atoms with E-state index in [1.165, 1.54) is 10.8 Å². The summed E-state index contributed by atoms with van der Waals surface area (Å²) in [4.78, 5) is 19.0. The van der Waals surface area contributed by atoms with E-state index < -0.39 is 6.10 Å². The number of nitrogens with zero attached hydrogens (tertiary/aromatic N) is 4. The molecule has 22 heavy (non-hydrogen) atoms. The van der Waals surface area contributed by atoms with Gasteiger partial charge < -0.3 is 10.5 Å². The van der Waals surface area contributed by atoms with E-state index in [-0.39, 0.29) is 11.3 Å². The lowest BCUT2D eigenvalue weighted by atomic mass is 10.0. The molecule has 1 atom stereocenters. The summed E-state index contributed by atoms with van der Waals surface area (Å²) in [6.45, 7) is 8.38. The molecule has 7 heteroatoms. The number of morpholine rings is 1. The monoisotopic (exact) mass is 303 g/mol. The van der Waals surface area contributed by atoms with Crippen LogP contribution in [0.2, 0.25) is 0 Å². The highest BCUT2D eigenvalue weighted by Crippen LogP contribution is 2.21. The van der Waals surface area contributed by atoms with Crippen molar-refractivity contribution in [1.29, 1.82) is 0 Å². The van der Waals surface area contributed by atoms with E-state index >= 15 is 0 Å². The Balaban J connectivity index is 1.88. The first-order chi connectivity index (χ1) is 10.4. The smallest absolute Gasteiger partial charge is 0.211 e. The zero-order valence-corrected chi connectivity index (χ0v) is 13.1. The van der Waals surface area contributed by atoms with Crippen molar-refractivity contribution in [1.82, 2.24) is 19.5 Å². The molecule has 0 spiro atoms. The first kappa shape index (κ1) is 14.9. The molecule has 2 N–H and O–H groups in total. The van der Waals surface area contributed by atoms with Crippen LogP contribution in [0.3, 0.4) is 0 Å². The molecule has 0 aromatic carbocycles. The van der Waals surface area contributed by atoms with Gasteiger partial charge in [-0.15, -0.1) is 0 Å². The zero-order valence-electron chi connectivity index (χ0n) is 13.1. The van der Waals surface area contributed by atoms with Gasteiger partial charge in [0.15, 0.2) is 5.82 Å². The maximum atomic E-state index is 12.8. The number of rotatable bonds is 2. The number of anilines is 1. The van der Waals surface area contributed by atoms with Crippen LogP contribution < -0.4 is 5.73 Å². The lowest BCUT2D eigenvalue weighted by Gasteiger charge is -2.40. The molecular formula is C15H21N5O2.